The Morgan fingerprint density at radius 3 is 2.38 bits per heavy atom. The summed E-state index contributed by atoms with van der Waals surface area (Å²) in [5, 5.41) is 0. The van der Waals surface area contributed by atoms with Crippen LogP contribution in [0.4, 0.5) is 0 Å². The molecule has 1 unspecified atom stereocenters. The van der Waals surface area contributed by atoms with E-state index < -0.39 is 0 Å². The lowest BCUT2D eigenvalue weighted by molar-refractivity contribution is 0.410. The van der Waals surface area contributed by atoms with Crippen molar-refractivity contribution in [2.75, 3.05) is 14.1 Å². The van der Waals surface area contributed by atoms with Gasteiger partial charge in [-0.15, -0.1) is 0 Å². The van der Waals surface area contributed by atoms with Crippen molar-refractivity contribution < 1.29 is 0 Å². The van der Waals surface area contributed by atoms with Crippen molar-refractivity contribution in [2.45, 2.75) is 19.4 Å². The van der Waals surface area contributed by atoms with Crippen molar-refractivity contribution in [1.29, 1.82) is 0 Å². The van der Waals surface area contributed by atoms with Gasteiger partial charge >= 0.3 is 0 Å². The topological polar surface area (TPSA) is 3.24 Å². The lowest BCUT2D eigenvalue weighted by atomic mass is 10.5. The zero-order valence-corrected chi connectivity index (χ0v) is 5.81. The van der Waals surface area contributed by atoms with Crippen LogP contribution in [0.25, 0.3) is 0 Å². The van der Waals surface area contributed by atoms with Crippen molar-refractivity contribution >= 4 is 0 Å². The van der Waals surface area contributed by atoms with Gasteiger partial charge in [-0.05, 0) is 27.4 Å². The van der Waals surface area contributed by atoms with Gasteiger partial charge in [-0.2, -0.15) is 0 Å². The molecule has 1 aliphatic rings. The summed E-state index contributed by atoms with van der Waals surface area (Å²) in [4.78, 5) is 2.26. The van der Waals surface area contributed by atoms with Crippen LogP contribution in [0.2, 0.25) is 0 Å². The molecule has 1 aliphatic carbocycles. The molecule has 0 saturated heterocycles. The summed E-state index contributed by atoms with van der Waals surface area (Å²) < 4.78 is 0. The standard InChI is InChI=1S/C7H13N/c1-4-6-5-7(6)8(2)3/h4,7H,5H2,1-3H3. The van der Waals surface area contributed by atoms with Gasteiger partial charge in [-0.3, -0.25) is 0 Å². The fourth-order valence-corrected chi connectivity index (χ4v) is 0.989. The first kappa shape index (κ1) is 5.83. The molecule has 1 nitrogen and oxygen atoms in total. The Hall–Kier alpha value is -0.300. The Morgan fingerprint density at radius 1 is 1.62 bits per heavy atom. The van der Waals surface area contributed by atoms with E-state index in [1.165, 1.54) is 6.42 Å². The molecule has 1 fully saturated rings. The molecule has 0 radical (unpaired) electrons. The zero-order valence-electron chi connectivity index (χ0n) is 5.81. The van der Waals surface area contributed by atoms with Crippen LogP contribution in [-0.2, 0) is 0 Å². The van der Waals surface area contributed by atoms with Crippen LogP contribution >= 0.6 is 0 Å². The van der Waals surface area contributed by atoms with Crippen molar-refractivity contribution in [1.82, 2.24) is 4.90 Å². The normalized spacial score (nSPS) is 32.0. The maximum atomic E-state index is 2.26. The molecule has 0 bridgehead atoms. The second-order valence-electron chi connectivity index (χ2n) is 2.55. The molecule has 46 valence electrons. The predicted molar refractivity (Wildman–Crippen MR) is 35.8 cm³/mol. The van der Waals surface area contributed by atoms with E-state index in [9.17, 15) is 0 Å². The van der Waals surface area contributed by atoms with Gasteiger partial charge in [-0.1, -0.05) is 11.6 Å². The van der Waals surface area contributed by atoms with Crippen LogP contribution in [0.15, 0.2) is 11.6 Å². The quantitative estimate of drug-likeness (QED) is 0.460. The third kappa shape index (κ3) is 0.920. The van der Waals surface area contributed by atoms with Crippen LogP contribution in [-0.4, -0.2) is 25.0 Å². The van der Waals surface area contributed by atoms with Crippen molar-refractivity contribution in [3.05, 3.63) is 11.6 Å². The van der Waals surface area contributed by atoms with E-state index in [2.05, 4.69) is 32.0 Å². The lowest BCUT2D eigenvalue weighted by Gasteiger charge is -2.03. The molecule has 1 saturated carbocycles. The maximum Gasteiger partial charge on any atom is 0.0339 e. The molecule has 0 amide bonds. The van der Waals surface area contributed by atoms with Gasteiger partial charge in [0.2, 0.25) is 0 Å². The molecule has 0 spiro atoms. The summed E-state index contributed by atoms with van der Waals surface area (Å²) in [7, 11) is 4.25. The highest BCUT2D eigenvalue weighted by molar-refractivity contribution is 5.27. The minimum absolute atomic E-state index is 0.778. The monoisotopic (exact) mass is 111 g/mol. The predicted octanol–water partition coefficient (Wildman–Crippen LogP) is 1.27. The van der Waals surface area contributed by atoms with Gasteiger partial charge in [0.05, 0.1) is 0 Å². The van der Waals surface area contributed by atoms with Gasteiger partial charge in [0, 0.05) is 6.04 Å². The summed E-state index contributed by atoms with van der Waals surface area (Å²) in [5.74, 6) is 0. The van der Waals surface area contributed by atoms with E-state index in [4.69, 9.17) is 0 Å². The minimum atomic E-state index is 0.778. The molecule has 8 heavy (non-hydrogen) atoms. The highest BCUT2D eigenvalue weighted by Gasteiger charge is 2.29. The van der Waals surface area contributed by atoms with Crippen molar-refractivity contribution in [2.24, 2.45) is 0 Å². The van der Waals surface area contributed by atoms with Crippen molar-refractivity contribution in [3.8, 4) is 0 Å². The van der Waals surface area contributed by atoms with E-state index in [0.29, 0.717) is 0 Å². The van der Waals surface area contributed by atoms with Gasteiger partial charge in [0.25, 0.3) is 0 Å². The van der Waals surface area contributed by atoms with E-state index in [1.54, 1.807) is 5.57 Å². The number of rotatable bonds is 1. The summed E-state index contributed by atoms with van der Waals surface area (Å²) in [5.41, 5.74) is 1.59. The Balaban J connectivity index is 2.37. The number of hydrogen-bond acceptors (Lipinski definition) is 1. The van der Waals surface area contributed by atoms with Gasteiger partial charge in [0.1, 0.15) is 0 Å². The van der Waals surface area contributed by atoms with Crippen LogP contribution in [0.5, 0.6) is 0 Å². The average molecular weight is 111 g/mol. The van der Waals surface area contributed by atoms with E-state index in [1.807, 2.05) is 0 Å². The first-order chi connectivity index (χ1) is 3.75. The Bertz CT molecular complexity index is 114. The molecule has 1 heteroatoms. The average Bonchev–Trinajstić information content (AvgIpc) is 2.42. The SMILES string of the molecule is CC=C1CC1N(C)C. The molecular weight excluding hydrogens is 98.1 g/mol. The molecule has 0 heterocycles. The number of likely N-dealkylation sites (N-methyl/N-ethyl adjacent to an activating group) is 1. The number of hydrogen-bond donors (Lipinski definition) is 0. The van der Waals surface area contributed by atoms with Gasteiger partial charge in [0.15, 0.2) is 0 Å². The summed E-state index contributed by atoms with van der Waals surface area (Å²) >= 11 is 0. The molecule has 0 aromatic rings. The Labute approximate surface area is 51.0 Å². The molecule has 1 atom stereocenters. The van der Waals surface area contributed by atoms with Crippen LogP contribution in [0, 0.1) is 0 Å². The lowest BCUT2D eigenvalue weighted by Crippen LogP contribution is -2.13. The zero-order chi connectivity index (χ0) is 6.15. The summed E-state index contributed by atoms with van der Waals surface area (Å²) in [6, 6.07) is 0.778. The first-order valence-electron chi connectivity index (χ1n) is 3.07. The third-order valence-corrected chi connectivity index (χ3v) is 1.69. The molecule has 0 N–H and O–H groups in total. The van der Waals surface area contributed by atoms with Crippen LogP contribution < -0.4 is 0 Å². The van der Waals surface area contributed by atoms with Gasteiger partial charge in [-0.25, -0.2) is 0 Å². The first-order valence-corrected chi connectivity index (χ1v) is 3.07. The van der Waals surface area contributed by atoms with Gasteiger partial charge < -0.3 is 4.90 Å². The third-order valence-electron chi connectivity index (χ3n) is 1.69. The number of allylic oxidation sites excluding steroid dienone is 1. The van der Waals surface area contributed by atoms with E-state index in [0.717, 1.165) is 6.04 Å². The Kier molecular flexibility index (Phi) is 1.39. The molecule has 0 aliphatic heterocycles. The molecule has 1 rings (SSSR count). The molecular formula is C7H13N. The maximum absolute atomic E-state index is 2.26. The number of nitrogens with zero attached hydrogens (tertiary/aromatic N) is 1. The van der Waals surface area contributed by atoms with Crippen molar-refractivity contribution in [3.63, 3.8) is 0 Å². The van der Waals surface area contributed by atoms with E-state index >= 15 is 0 Å². The second kappa shape index (κ2) is 1.90. The largest absolute Gasteiger partial charge is 0.302 e. The highest BCUT2D eigenvalue weighted by Crippen LogP contribution is 2.32. The minimum Gasteiger partial charge on any atom is -0.302 e. The van der Waals surface area contributed by atoms with Crippen LogP contribution in [0.1, 0.15) is 13.3 Å². The fourth-order valence-electron chi connectivity index (χ4n) is 0.989. The Morgan fingerprint density at radius 2 is 2.25 bits per heavy atom. The fraction of sp³-hybridized carbons (Fsp3) is 0.714. The summed E-state index contributed by atoms with van der Waals surface area (Å²) in [6.45, 7) is 2.11. The molecule has 0 aromatic heterocycles. The highest BCUT2D eigenvalue weighted by atomic mass is 15.1. The van der Waals surface area contributed by atoms with E-state index in [-0.39, 0.29) is 0 Å². The molecule has 0 aromatic carbocycles. The second-order valence-corrected chi connectivity index (χ2v) is 2.55. The smallest absolute Gasteiger partial charge is 0.0339 e. The summed E-state index contributed by atoms with van der Waals surface area (Å²) in [6.07, 6.45) is 3.51. The van der Waals surface area contributed by atoms with Crippen LogP contribution in [0.3, 0.4) is 0 Å².